The van der Waals surface area contributed by atoms with Crippen LogP contribution in [0, 0.1) is 0 Å². The van der Waals surface area contributed by atoms with Gasteiger partial charge >= 0.3 is 0 Å². The van der Waals surface area contributed by atoms with Crippen molar-refractivity contribution in [3.8, 4) is 0 Å². The molecule has 0 fully saturated rings. The lowest BCUT2D eigenvalue weighted by molar-refractivity contribution is 0.504. The quantitative estimate of drug-likeness (QED) is 0.727. The Kier molecular flexibility index (Phi) is 2.65. The number of aromatic nitrogens is 1. The van der Waals surface area contributed by atoms with Gasteiger partial charge in [-0.2, -0.15) is 5.12 Å². The fourth-order valence-electron chi connectivity index (χ4n) is 1.00. The third-order valence-corrected chi connectivity index (χ3v) is 2.74. The van der Waals surface area contributed by atoms with Gasteiger partial charge in [0, 0.05) is 5.38 Å². The van der Waals surface area contributed by atoms with E-state index in [1.165, 1.54) is 0 Å². The smallest absolute Gasteiger partial charge is 0.206 e. The van der Waals surface area contributed by atoms with E-state index in [4.69, 9.17) is 11.6 Å². The zero-order valence-corrected chi connectivity index (χ0v) is 8.60. The Morgan fingerprint density at radius 1 is 1.29 bits per heavy atom. The molecule has 2 rings (SSSR count). The summed E-state index contributed by atoms with van der Waals surface area (Å²) in [5.41, 5.74) is 0.443. The molecule has 0 saturated heterocycles. The molecule has 1 aromatic heterocycles. The monoisotopic (exact) mass is 228 g/mol. The normalized spacial score (nSPS) is 10.1. The van der Waals surface area contributed by atoms with Gasteiger partial charge in [-0.3, -0.25) is 0 Å². The molecule has 5 heteroatoms. The third-order valence-electron chi connectivity index (χ3n) is 1.61. The van der Waals surface area contributed by atoms with E-state index >= 15 is 0 Å². The average molecular weight is 229 g/mol. The molecule has 0 aliphatic rings. The van der Waals surface area contributed by atoms with Crippen LogP contribution in [-0.4, -0.2) is 4.98 Å². The molecule has 0 saturated carbocycles. The molecule has 0 unspecified atom stereocenters. The highest BCUT2D eigenvalue weighted by molar-refractivity contribution is 7.14. The van der Waals surface area contributed by atoms with Crippen LogP contribution in [0.2, 0.25) is 5.15 Å². The van der Waals surface area contributed by atoms with E-state index in [0.29, 0.717) is 16.0 Å². The zero-order chi connectivity index (χ0) is 9.97. The Hall–Kier alpha value is -1.13. The maximum Gasteiger partial charge on any atom is 0.220 e. The van der Waals surface area contributed by atoms with E-state index in [0.717, 1.165) is 11.3 Å². The summed E-state index contributed by atoms with van der Waals surface area (Å²) in [6.45, 7) is 0. The van der Waals surface area contributed by atoms with E-state index in [1.54, 1.807) is 29.6 Å². The summed E-state index contributed by atoms with van der Waals surface area (Å²) in [6, 6.07) is 8.67. The Morgan fingerprint density at radius 2 is 2.00 bits per heavy atom. The average Bonchev–Trinajstić information content (AvgIpc) is 2.65. The van der Waals surface area contributed by atoms with Gasteiger partial charge in [-0.05, 0) is 12.1 Å². The van der Waals surface area contributed by atoms with Crippen molar-refractivity contribution < 1.29 is 4.48 Å². The van der Waals surface area contributed by atoms with E-state index in [-0.39, 0.29) is 5.13 Å². The Morgan fingerprint density at radius 3 is 2.57 bits per heavy atom. The van der Waals surface area contributed by atoms with E-state index in [1.807, 2.05) is 6.07 Å². The maximum atomic E-state index is 13.6. The largest absolute Gasteiger partial charge is 0.220 e. The van der Waals surface area contributed by atoms with Gasteiger partial charge in [0.05, 0.1) is 5.69 Å². The minimum atomic E-state index is 0.237. The van der Waals surface area contributed by atoms with Crippen LogP contribution in [0.15, 0.2) is 35.7 Å². The summed E-state index contributed by atoms with van der Waals surface area (Å²) >= 11 is 6.76. The third kappa shape index (κ3) is 1.86. The molecule has 0 aliphatic heterocycles. The number of nitrogens with zero attached hydrogens (tertiary/aromatic N) is 2. The summed E-state index contributed by atoms with van der Waals surface area (Å²) < 4.78 is 13.6. The Balaban J connectivity index is 2.29. The van der Waals surface area contributed by atoms with Crippen molar-refractivity contribution in [1.29, 1.82) is 0 Å². The second-order valence-electron chi connectivity index (χ2n) is 2.57. The van der Waals surface area contributed by atoms with Crippen LogP contribution in [0.1, 0.15) is 0 Å². The van der Waals surface area contributed by atoms with Crippen LogP contribution < -0.4 is 5.12 Å². The number of thiazole rings is 1. The predicted molar refractivity (Wildman–Crippen MR) is 56.8 cm³/mol. The van der Waals surface area contributed by atoms with Gasteiger partial charge in [-0.25, -0.2) is 4.98 Å². The fourth-order valence-corrected chi connectivity index (χ4v) is 1.87. The fraction of sp³-hybridized carbons (Fsp3) is 0. The second kappa shape index (κ2) is 3.94. The molecule has 1 aromatic carbocycles. The number of para-hydroxylation sites is 1. The van der Waals surface area contributed by atoms with E-state index in [9.17, 15) is 4.48 Å². The molecule has 0 radical (unpaired) electrons. The predicted octanol–water partition coefficient (Wildman–Crippen LogP) is 3.82. The molecule has 1 heterocycles. The van der Waals surface area contributed by atoms with Crippen molar-refractivity contribution in [3.05, 3.63) is 40.9 Å². The van der Waals surface area contributed by atoms with Crippen LogP contribution >= 0.6 is 22.9 Å². The van der Waals surface area contributed by atoms with Gasteiger partial charge < -0.3 is 0 Å². The summed E-state index contributed by atoms with van der Waals surface area (Å²) in [5, 5.41) is 2.65. The SMILES string of the molecule is FN(c1ccccc1)c1nc(Cl)cs1. The van der Waals surface area contributed by atoms with E-state index in [2.05, 4.69) is 4.98 Å². The first kappa shape index (κ1) is 9.43. The van der Waals surface area contributed by atoms with Gasteiger partial charge in [0.2, 0.25) is 5.13 Å². The van der Waals surface area contributed by atoms with Crippen molar-refractivity contribution >= 4 is 33.8 Å². The van der Waals surface area contributed by atoms with Crippen molar-refractivity contribution in [2.45, 2.75) is 0 Å². The molecule has 72 valence electrons. The highest BCUT2D eigenvalue weighted by Gasteiger charge is 2.11. The summed E-state index contributed by atoms with van der Waals surface area (Å²) in [6.07, 6.45) is 0. The molecular weight excluding hydrogens is 223 g/mol. The first-order valence-electron chi connectivity index (χ1n) is 3.89. The van der Waals surface area contributed by atoms with Crippen LogP contribution in [0.3, 0.4) is 0 Å². The number of hydrogen-bond donors (Lipinski definition) is 0. The van der Waals surface area contributed by atoms with Crippen molar-refractivity contribution in [1.82, 2.24) is 4.98 Å². The first-order valence-corrected chi connectivity index (χ1v) is 5.15. The van der Waals surface area contributed by atoms with Gasteiger partial charge in [0.15, 0.2) is 0 Å². The minimum Gasteiger partial charge on any atom is -0.206 e. The molecule has 0 amide bonds. The lowest BCUT2D eigenvalue weighted by Gasteiger charge is -2.08. The molecule has 0 aliphatic carbocycles. The number of rotatable bonds is 2. The highest BCUT2D eigenvalue weighted by Crippen LogP contribution is 2.29. The minimum absolute atomic E-state index is 0.237. The number of hydrogen-bond acceptors (Lipinski definition) is 3. The van der Waals surface area contributed by atoms with Gasteiger partial charge in [0.1, 0.15) is 5.15 Å². The second-order valence-corrected chi connectivity index (χ2v) is 3.79. The molecule has 2 aromatic rings. The van der Waals surface area contributed by atoms with Crippen molar-refractivity contribution in [2.75, 3.05) is 5.12 Å². The molecular formula is C9H6ClFN2S. The molecule has 0 N–H and O–H groups in total. The van der Waals surface area contributed by atoms with Crippen LogP contribution in [0.4, 0.5) is 15.3 Å². The lowest BCUT2D eigenvalue weighted by Crippen LogP contribution is -2.02. The van der Waals surface area contributed by atoms with Crippen LogP contribution in [0.5, 0.6) is 0 Å². The molecule has 2 nitrogen and oxygen atoms in total. The lowest BCUT2D eigenvalue weighted by atomic mass is 10.3. The summed E-state index contributed by atoms with van der Waals surface area (Å²) in [5.74, 6) is 0. The Bertz CT molecular complexity index is 418. The number of anilines is 2. The maximum absolute atomic E-state index is 13.6. The first-order chi connectivity index (χ1) is 6.77. The summed E-state index contributed by atoms with van der Waals surface area (Å²) in [4.78, 5) is 3.82. The molecule has 0 atom stereocenters. The molecule has 0 bridgehead atoms. The van der Waals surface area contributed by atoms with E-state index < -0.39 is 0 Å². The summed E-state index contributed by atoms with van der Waals surface area (Å²) in [7, 11) is 0. The topological polar surface area (TPSA) is 16.1 Å². The molecule has 14 heavy (non-hydrogen) atoms. The van der Waals surface area contributed by atoms with Gasteiger partial charge in [-0.1, -0.05) is 34.3 Å². The standard InChI is InChI=1S/C9H6ClFN2S/c10-8-6-14-9(12-8)13(11)7-4-2-1-3-5-7/h1-6H. The van der Waals surface area contributed by atoms with Gasteiger partial charge in [-0.15, -0.1) is 11.3 Å². The highest BCUT2D eigenvalue weighted by atomic mass is 35.5. The number of halogens is 2. The van der Waals surface area contributed by atoms with Crippen molar-refractivity contribution in [2.24, 2.45) is 0 Å². The Labute approximate surface area is 89.5 Å². The van der Waals surface area contributed by atoms with Gasteiger partial charge in [0.25, 0.3) is 0 Å². The van der Waals surface area contributed by atoms with Crippen LogP contribution in [-0.2, 0) is 0 Å². The van der Waals surface area contributed by atoms with Crippen LogP contribution in [0.25, 0.3) is 0 Å². The zero-order valence-electron chi connectivity index (χ0n) is 7.02. The molecule has 0 spiro atoms. The van der Waals surface area contributed by atoms with Crippen molar-refractivity contribution in [3.63, 3.8) is 0 Å². The number of benzene rings is 1.